The van der Waals surface area contributed by atoms with Gasteiger partial charge in [0.25, 0.3) is 5.78 Å². The number of hydrogen-bond acceptors (Lipinski definition) is 8. The van der Waals surface area contributed by atoms with Crippen LogP contribution in [0.25, 0.3) is 5.76 Å². The average Bonchev–Trinajstić information content (AvgIpc) is 3.47. The molecule has 1 atom stereocenters. The number of methoxy groups -OCH3 is 1. The zero-order chi connectivity index (χ0) is 26.8. The SMILES string of the molecule is COc1cccc([C@H]2/C(=C(\O)c3ccc(OCc4cccc(C)c4)cc3)C(=O)C(=O)N2c2nnc(C)s2)c1. The molecule has 0 saturated carbocycles. The van der Waals surface area contributed by atoms with Gasteiger partial charge in [-0.05, 0) is 61.4 Å². The van der Waals surface area contributed by atoms with Crippen LogP contribution in [0.15, 0.2) is 78.4 Å². The number of carbonyl (C=O) groups excluding carboxylic acids is 2. The Morgan fingerprint density at radius 2 is 1.74 bits per heavy atom. The third kappa shape index (κ3) is 4.88. The lowest BCUT2D eigenvalue weighted by molar-refractivity contribution is -0.132. The minimum Gasteiger partial charge on any atom is -0.507 e. The van der Waals surface area contributed by atoms with E-state index in [1.807, 2.05) is 25.1 Å². The van der Waals surface area contributed by atoms with Crippen LogP contribution >= 0.6 is 11.3 Å². The first-order valence-electron chi connectivity index (χ1n) is 11.9. The highest BCUT2D eigenvalue weighted by Crippen LogP contribution is 2.43. The highest BCUT2D eigenvalue weighted by atomic mass is 32.1. The number of aryl methyl sites for hydroxylation is 2. The maximum Gasteiger partial charge on any atom is 0.301 e. The molecule has 2 heterocycles. The number of aliphatic hydroxyl groups excluding tert-OH is 1. The van der Waals surface area contributed by atoms with E-state index in [1.165, 1.54) is 23.3 Å². The van der Waals surface area contributed by atoms with Crippen molar-refractivity contribution in [3.8, 4) is 11.5 Å². The number of anilines is 1. The first-order chi connectivity index (χ1) is 18.4. The number of rotatable bonds is 7. The van der Waals surface area contributed by atoms with Gasteiger partial charge in [-0.1, -0.05) is 53.3 Å². The van der Waals surface area contributed by atoms with E-state index < -0.39 is 17.7 Å². The molecule has 9 heteroatoms. The van der Waals surface area contributed by atoms with Gasteiger partial charge in [0.1, 0.15) is 28.9 Å². The number of hydrogen-bond donors (Lipinski definition) is 1. The number of amides is 1. The van der Waals surface area contributed by atoms with Crippen molar-refractivity contribution < 1.29 is 24.2 Å². The third-order valence-electron chi connectivity index (χ3n) is 6.19. The van der Waals surface area contributed by atoms with E-state index in [4.69, 9.17) is 9.47 Å². The molecule has 1 fully saturated rings. The van der Waals surface area contributed by atoms with Crippen molar-refractivity contribution in [2.75, 3.05) is 12.0 Å². The number of nitrogens with zero attached hydrogens (tertiary/aromatic N) is 3. The van der Waals surface area contributed by atoms with Crippen molar-refractivity contribution in [3.05, 3.63) is 106 Å². The molecule has 1 amide bonds. The summed E-state index contributed by atoms with van der Waals surface area (Å²) in [4.78, 5) is 27.8. The minimum absolute atomic E-state index is 0.0375. The molecule has 1 aliphatic rings. The Hall–Kier alpha value is -4.50. The highest BCUT2D eigenvalue weighted by molar-refractivity contribution is 7.15. The number of ether oxygens (including phenoxy) is 2. The van der Waals surface area contributed by atoms with Crippen LogP contribution in [-0.4, -0.2) is 34.1 Å². The van der Waals surface area contributed by atoms with E-state index in [0.717, 1.165) is 11.1 Å². The largest absolute Gasteiger partial charge is 0.507 e. The molecule has 8 nitrogen and oxygen atoms in total. The summed E-state index contributed by atoms with van der Waals surface area (Å²) >= 11 is 1.19. The highest BCUT2D eigenvalue weighted by Gasteiger charge is 2.48. The van der Waals surface area contributed by atoms with E-state index >= 15 is 0 Å². The van der Waals surface area contributed by atoms with Crippen molar-refractivity contribution in [1.29, 1.82) is 0 Å². The van der Waals surface area contributed by atoms with Gasteiger partial charge in [-0.15, -0.1) is 10.2 Å². The number of Topliss-reactive ketones (excluding diaryl/α,β-unsaturated/α-hetero) is 1. The Labute approximate surface area is 223 Å². The van der Waals surface area contributed by atoms with Gasteiger partial charge >= 0.3 is 5.91 Å². The molecule has 1 aromatic heterocycles. The summed E-state index contributed by atoms with van der Waals surface area (Å²) in [5.74, 6) is -0.712. The summed E-state index contributed by atoms with van der Waals surface area (Å²) < 4.78 is 11.2. The zero-order valence-electron chi connectivity index (χ0n) is 21.0. The fourth-order valence-electron chi connectivity index (χ4n) is 4.37. The smallest absolute Gasteiger partial charge is 0.301 e. The molecule has 0 bridgehead atoms. The van der Waals surface area contributed by atoms with E-state index in [2.05, 4.69) is 16.3 Å². The lowest BCUT2D eigenvalue weighted by atomic mass is 9.95. The quantitative estimate of drug-likeness (QED) is 0.196. The number of aromatic nitrogens is 2. The summed E-state index contributed by atoms with van der Waals surface area (Å²) in [5, 5.41) is 20.4. The van der Waals surface area contributed by atoms with Crippen LogP contribution in [0.2, 0.25) is 0 Å². The second kappa shape index (κ2) is 10.5. The average molecular weight is 528 g/mol. The Balaban J connectivity index is 1.51. The summed E-state index contributed by atoms with van der Waals surface area (Å²) in [6.07, 6.45) is 0. The maximum atomic E-state index is 13.3. The first kappa shape index (κ1) is 25.2. The molecular formula is C29H25N3O5S. The number of ketones is 1. The topological polar surface area (TPSA) is 102 Å². The molecule has 0 unspecified atom stereocenters. The molecule has 3 aromatic carbocycles. The maximum absolute atomic E-state index is 13.3. The summed E-state index contributed by atoms with van der Waals surface area (Å²) in [6.45, 7) is 4.19. The van der Waals surface area contributed by atoms with E-state index in [9.17, 15) is 14.7 Å². The Morgan fingerprint density at radius 3 is 2.42 bits per heavy atom. The second-order valence-electron chi connectivity index (χ2n) is 8.85. The Bertz CT molecular complexity index is 1540. The normalized spacial score (nSPS) is 16.6. The van der Waals surface area contributed by atoms with Crippen molar-refractivity contribution in [3.63, 3.8) is 0 Å². The fraction of sp³-hybridized carbons (Fsp3) is 0.172. The predicted molar refractivity (Wildman–Crippen MR) is 144 cm³/mol. The van der Waals surface area contributed by atoms with Gasteiger partial charge in [-0.3, -0.25) is 14.5 Å². The second-order valence-corrected chi connectivity index (χ2v) is 10.0. The first-order valence-corrected chi connectivity index (χ1v) is 12.7. The lowest BCUT2D eigenvalue weighted by Gasteiger charge is -2.23. The van der Waals surface area contributed by atoms with Crippen LogP contribution in [-0.2, 0) is 16.2 Å². The van der Waals surface area contributed by atoms with Crippen LogP contribution in [0.1, 0.15) is 33.3 Å². The molecule has 0 spiro atoms. The van der Waals surface area contributed by atoms with Gasteiger partial charge in [0.15, 0.2) is 0 Å². The molecule has 1 aliphatic heterocycles. The van der Waals surface area contributed by atoms with Gasteiger partial charge in [0, 0.05) is 5.56 Å². The van der Waals surface area contributed by atoms with E-state index in [-0.39, 0.29) is 16.5 Å². The van der Waals surface area contributed by atoms with Crippen LogP contribution < -0.4 is 14.4 Å². The van der Waals surface area contributed by atoms with Crippen LogP contribution in [0.4, 0.5) is 5.13 Å². The van der Waals surface area contributed by atoms with Gasteiger partial charge in [0.2, 0.25) is 5.13 Å². The molecule has 5 rings (SSSR count). The van der Waals surface area contributed by atoms with E-state index in [1.54, 1.807) is 55.5 Å². The standard InChI is InChI=1S/C29H25N3O5S/c1-17-6-4-7-19(14-17)16-37-22-12-10-20(11-13-22)26(33)24-25(21-8-5-9-23(15-21)36-3)32(28(35)27(24)34)29-31-30-18(2)38-29/h4-15,25,33H,16H2,1-3H3/b26-24+/t25-/m0/s1. The van der Waals surface area contributed by atoms with Gasteiger partial charge in [0.05, 0.1) is 18.7 Å². The van der Waals surface area contributed by atoms with Gasteiger partial charge < -0.3 is 14.6 Å². The molecule has 4 aromatic rings. The number of carbonyl (C=O) groups is 2. The Kier molecular flexibility index (Phi) is 6.93. The third-order valence-corrected chi connectivity index (χ3v) is 7.03. The molecular weight excluding hydrogens is 502 g/mol. The van der Waals surface area contributed by atoms with Gasteiger partial charge in [-0.25, -0.2) is 0 Å². The zero-order valence-corrected chi connectivity index (χ0v) is 21.9. The Morgan fingerprint density at radius 1 is 0.974 bits per heavy atom. The van der Waals surface area contributed by atoms with Crippen molar-refractivity contribution in [1.82, 2.24) is 10.2 Å². The van der Waals surface area contributed by atoms with Gasteiger partial charge in [-0.2, -0.15) is 0 Å². The monoisotopic (exact) mass is 527 g/mol. The number of benzene rings is 3. The molecule has 192 valence electrons. The van der Waals surface area contributed by atoms with Crippen molar-refractivity contribution >= 4 is 33.9 Å². The summed E-state index contributed by atoms with van der Waals surface area (Å²) in [6, 6.07) is 20.9. The predicted octanol–water partition coefficient (Wildman–Crippen LogP) is 5.37. The summed E-state index contributed by atoms with van der Waals surface area (Å²) in [7, 11) is 1.53. The minimum atomic E-state index is -0.908. The van der Waals surface area contributed by atoms with Crippen molar-refractivity contribution in [2.24, 2.45) is 0 Å². The van der Waals surface area contributed by atoms with E-state index in [0.29, 0.717) is 34.2 Å². The van der Waals surface area contributed by atoms with Crippen LogP contribution in [0.5, 0.6) is 11.5 Å². The molecule has 1 saturated heterocycles. The molecule has 0 radical (unpaired) electrons. The molecule has 1 N–H and O–H groups in total. The molecule has 0 aliphatic carbocycles. The molecule has 38 heavy (non-hydrogen) atoms. The lowest BCUT2D eigenvalue weighted by Crippen LogP contribution is -2.29. The van der Waals surface area contributed by atoms with Crippen LogP contribution in [0.3, 0.4) is 0 Å². The summed E-state index contributed by atoms with van der Waals surface area (Å²) in [5.41, 5.74) is 3.13. The van der Waals surface area contributed by atoms with Crippen LogP contribution in [0, 0.1) is 13.8 Å². The number of aliphatic hydroxyl groups is 1. The van der Waals surface area contributed by atoms with Crippen molar-refractivity contribution in [2.45, 2.75) is 26.5 Å². The fourth-order valence-corrected chi connectivity index (χ4v) is 5.09.